The molecule has 0 saturated carbocycles. The van der Waals surface area contributed by atoms with E-state index in [0.29, 0.717) is 5.92 Å². The van der Waals surface area contributed by atoms with Crippen molar-refractivity contribution >= 4 is 6.08 Å². The Kier molecular flexibility index (Phi) is 7.60. The van der Waals surface area contributed by atoms with Gasteiger partial charge in [0.1, 0.15) is 0 Å². The first-order valence-corrected chi connectivity index (χ1v) is 6.61. The van der Waals surface area contributed by atoms with Crippen molar-refractivity contribution in [2.75, 3.05) is 0 Å². The fraction of sp³-hybridized carbons (Fsp3) is 0.278. The smallest absolute Gasteiger partial charge is 1.00 e. The quantitative estimate of drug-likeness (QED) is 0.446. The summed E-state index contributed by atoms with van der Waals surface area (Å²) in [5, 5.41) is 0. The van der Waals surface area contributed by atoms with Crippen LogP contribution in [0.2, 0.25) is 0 Å². The number of allylic oxidation sites excluding steroid dienone is 1. The van der Waals surface area contributed by atoms with Crippen molar-refractivity contribution in [3.8, 4) is 0 Å². The van der Waals surface area contributed by atoms with Gasteiger partial charge in [-0.05, 0) is 17.0 Å². The average molecular weight is 354 g/mol. The molecule has 1 unspecified atom stereocenters. The van der Waals surface area contributed by atoms with Crippen LogP contribution < -0.4 is 24.8 Å². The molecule has 2 aromatic rings. The van der Waals surface area contributed by atoms with Crippen LogP contribution in [0, 0.1) is 27.7 Å². The molecule has 3 heteroatoms. The molecule has 1 aliphatic rings. The molecule has 0 fully saturated rings. The van der Waals surface area contributed by atoms with E-state index < -0.39 is 0 Å². The van der Waals surface area contributed by atoms with Gasteiger partial charge in [-0.25, -0.2) is 0 Å². The standard InChI is InChI=1S/C18H19.2ClH.Ti/c1-11-12(2)14(4)18(13(11)3)17-10-9-15-7-5-6-8-16(15)17;;;/h5-10,17H,1-4H3;2*1H;/q-1;;;+3/p-2. The second kappa shape index (κ2) is 7.74. The predicted octanol–water partition coefficient (Wildman–Crippen LogP) is -1.20. The van der Waals surface area contributed by atoms with Gasteiger partial charge in [-0.1, -0.05) is 64.1 Å². The van der Waals surface area contributed by atoms with Crippen molar-refractivity contribution in [1.29, 1.82) is 0 Å². The molecule has 0 N–H and O–H groups in total. The molecule has 1 aliphatic carbocycles. The van der Waals surface area contributed by atoms with Crippen molar-refractivity contribution in [3.05, 3.63) is 69.3 Å². The maximum Gasteiger partial charge on any atom is 3.00 e. The molecule has 1 radical (unpaired) electrons. The van der Waals surface area contributed by atoms with Crippen molar-refractivity contribution in [3.63, 3.8) is 0 Å². The van der Waals surface area contributed by atoms with Crippen LogP contribution in [0.25, 0.3) is 6.08 Å². The Bertz CT molecular complexity index is 628. The molecular formula is C18H19Cl2Ti. The van der Waals surface area contributed by atoms with E-state index in [1.165, 1.54) is 38.9 Å². The van der Waals surface area contributed by atoms with E-state index in [1.807, 2.05) is 0 Å². The average Bonchev–Trinajstić information content (AvgIpc) is 2.87. The molecule has 0 aliphatic heterocycles. The van der Waals surface area contributed by atoms with Crippen LogP contribution in [-0.2, 0) is 21.7 Å². The third kappa shape index (κ3) is 3.20. The third-order valence-electron chi connectivity index (χ3n) is 4.61. The number of halogens is 2. The van der Waals surface area contributed by atoms with Gasteiger partial charge in [-0.15, -0.1) is 5.56 Å². The largest absolute Gasteiger partial charge is 3.00 e. The molecule has 0 bridgehead atoms. The van der Waals surface area contributed by atoms with Crippen molar-refractivity contribution < 1.29 is 46.5 Å². The van der Waals surface area contributed by atoms with Gasteiger partial charge < -0.3 is 24.8 Å². The fourth-order valence-corrected chi connectivity index (χ4v) is 3.22. The molecule has 109 valence electrons. The summed E-state index contributed by atoms with van der Waals surface area (Å²) in [5.41, 5.74) is 10.2. The molecule has 0 spiro atoms. The Morgan fingerprint density at radius 2 is 1.38 bits per heavy atom. The molecule has 0 heterocycles. The Labute approximate surface area is 155 Å². The monoisotopic (exact) mass is 353 g/mol. The Balaban J connectivity index is 0.00000133. The minimum atomic E-state index is 0. The van der Waals surface area contributed by atoms with Crippen LogP contribution in [0.3, 0.4) is 0 Å². The number of benzene rings is 1. The fourth-order valence-electron chi connectivity index (χ4n) is 3.22. The predicted molar refractivity (Wildman–Crippen MR) is 78.3 cm³/mol. The summed E-state index contributed by atoms with van der Waals surface area (Å²) in [7, 11) is 0. The summed E-state index contributed by atoms with van der Waals surface area (Å²) < 4.78 is 0. The molecule has 2 aromatic carbocycles. The summed E-state index contributed by atoms with van der Waals surface area (Å²) in [6.07, 6.45) is 4.61. The Morgan fingerprint density at radius 3 is 1.95 bits per heavy atom. The summed E-state index contributed by atoms with van der Waals surface area (Å²) >= 11 is 0. The molecule has 0 amide bonds. The number of rotatable bonds is 1. The molecule has 3 rings (SSSR count). The number of fused-ring (bicyclic) bond motifs is 1. The van der Waals surface area contributed by atoms with Crippen molar-refractivity contribution in [2.45, 2.75) is 33.6 Å². The van der Waals surface area contributed by atoms with E-state index in [0.717, 1.165) is 0 Å². The van der Waals surface area contributed by atoms with E-state index in [4.69, 9.17) is 0 Å². The molecule has 0 aromatic heterocycles. The first-order chi connectivity index (χ1) is 8.61. The third-order valence-corrected chi connectivity index (χ3v) is 4.61. The van der Waals surface area contributed by atoms with Crippen LogP contribution in [0.4, 0.5) is 0 Å². The maximum absolute atomic E-state index is 2.35. The van der Waals surface area contributed by atoms with E-state index in [9.17, 15) is 0 Å². The van der Waals surface area contributed by atoms with Gasteiger partial charge in [-0.2, -0.15) is 22.3 Å². The summed E-state index contributed by atoms with van der Waals surface area (Å²) in [5.74, 6) is 0.452. The van der Waals surface area contributed by atoms with Gasteiger partial charge >= 0.3 is 21.7 Å². The molecule has 1 atom stereocenters. The van der Waals surface area contributed by atoms with E-state index in [2.05, 4.69) is 64.1 Å². The van der Waals surface area contributed by atoms with Crippen LogP contribution >= 0.6 is 0 Å². The van der Waals surface area contributed by atoms with E-state index in [1.54, 1.807) is 0 Å². The van der Waals surface area contributed by atoms with Gasteiger partial charge in [0, 0.05) is 0 Å². The SMILES string of the molecule is Cc1c(C)c(C)[c-](C2C=Cc3ccccc32)c1C.[Cl-].[Cl-].[Ti+3]. The molecular weight excluding hydrogens is 335 g/mol. The first-order valence-electron chi connectivity index (χ1n) is 6.61. The van der Waals surface area contributed by atoms with Gasteiger partial charge in [0.15, 0.2) is 0 Å². The maximum atomic E-state index is 2.35. The zero-order chi connectivity index (χ0) is 12.9. The Hall–Kier alpha value is -0.396. The minimum Gasteiger partial charge on any atom is -1.00 e. The van der Waals surface area contributed by atoms with Crippen molar-refractivity contribution in [2.24, 2.45) is 0 Å². The van der Waals surface area contributed by atoms with Crippen molar-refractivity contribution in [1.82, 2.24) is 0 Å². The topological polar surface area (TPSA) is 0 Å². The van der Waals surface area contributed by atoms with Gasteiger partial charge in [0.05, 0.1) is 0 Å². The van der Waals surface area contributed by atoms with Gasteiger partial charge in [0.2, 0.25) is 0 Å². The van der Waals surface area contributed by atoms with Crippen LogP contribution in [0.5, 0.6) is 0 Å². The number of hydrogen-bond acceptors (Lipinski definition) is 0. The summed E-state index contributed by atoms with van der Waals surface area (Å²) in [6.45, 7) is 9.01. The molecule has 21 heavy (non-hydrogen) atoms. The minimum absolute atomic E-state index is 0. The first kappa shape index (κ1) is 20.6. The van der Waals surface area contributed by atoms with Crippen LogP contribution in [0.1, 0.15) is 44.9 Å². The number of hydrogen-bond donors (Lipinski definition) is 0. The zero-order valence-corrected chi connectivity index (χ0v) is 15.9. The summed E-state index contributed by atoms with van der Waals surface area (Å²) in [4.78, 5) is 0. The molecule has 0 saturated heterocycles. The molecule has 0 nitrogen and oxygen atoms in total. The normalized spacial score (nSPS) is 14.8. The van der Waals surface area contributed by atoms with Gasteiger partial charge in [0.25, 0.3) is 0 Å². The van der Waals surface area contributed by atoms with Crippen LogP contribution in [-0.4, -0.2) is 0 Å². The Morgan fingerprint density at radius 1 is 0.857 bits per heavy atom. The van der Waals surface area contributed by atoms with E-state index >= 15 is 0 Å². The van der Waals surface area contributed by atoms with Crippen LogP contribution in [0.15, 0.2) is 30.3 Å². The van der Waals surface area contributed by atoms with E-state index in [-0.39, 0.29) is 46.5 Å². The van der Waals surface area contributed by atoms with Gasteiger partial charge in [-0.3, -0.25) is 0 Å². The second-order valence-electron chi connectivity index (χ2n) is 5.38. The second-order valence-corrected chi connectivity index (χ2v) is 5.38. The zero-order valence-electron chi connectivity index (χ0n) is 12.8. The summed E-state index contributed by atoms with van der Waals surface area (Å²) in [6, 6.07) is 8.73.